The molecule has 0 spiro atoms. The van der Waals surface area contributed by atoms with E-state index < -0.39 is 5.24 Å². The summed E-state index contributed by atoms with van der Waals surface area (Å²) in [4.78, 5) is 0. The van der Waals surface area contributed by atoms with Gasteiger partial charge < -0.3 is 0 Å². The van der Waals surface area contributed by atoms with E-state index in [0.717, 1.165) is 0 Å². The molecule has 3 heteroatoms. The molecule has 0 N–H and O–H groups in total. The van der Waals surface area contributed by atoms with Crippen LogP contribution in [0.4, 0.5) is 0 Å². The van der Waals surface area contributed by atoms with Gasteiger partial charge in [0, 0.05) is 5.24 Å². The number of unbranched alkanes of at least 4 members (excludes halogenated alkanes) is 30. The first-order valence-corrected chi connectivity index (χ1v) is 23.8. The Kier molecular flexibility index (Phi) is 35.4. The SMILES string of the molecule is CCCCCCCCCCCCCCCCCCP(=S)(CCCCCCCCCCCCCCCCCC)SC. The van der Waals surface area contributed by atoms with Crippen molar-refractivity contribution in [1.29, 1.82) is 0 Å². The molecular weight excluding hydrogens is 540 g/mol. The maximum atomic E-state index is 6.19. The molecule has 0 nitrogen and oxygen atoms in total. The fourth-order valence-electron chi connectivity index (χ4n) is 6.10. The molecule has 0 aromatic carbocycles. The van der Waals surface area contributed by atoms with E-state index >= 15 is 0 Å². The highest BCUT2D eigenvalue weighted by atomic mass is 32.9. The summed E-state index contributed by atoms with van der Waals surface area (Å²) in [5.41, 5.74) is 0. The molecule has 0 aliphatic heterocycles. The van der Waals surface area contributed by atoms with E-state index in [9.17, 15) is 0 Å². The summed E-state index contributed by atoms with van der Waals surface area (Å²) in [6, 6.07) is 0. The van der Waals surface area contributed by atoms with Crippen LogP contribution in [0.25, 0.3) is 0 Å². The van der Waals surface area contributed by atoms with Gasteiger partial charge in [-0.25, -0.2) is 0 Å². The zero-order chi connectivity index (χ0) is 29.2. The average molecular weight is 617 g/mol. The summed E-state index contributed by atoms with van der Waals surface area (Å²) < 4.78 is 0. The van der Waals surface area contributed by atoms with E-state index in [4.69, 9.17) is 11.8 Å². The molecule has 0 unspecified atom stereocenters. The van der Waals surface area contributed by atoms with Crippen molar-refractivity contribution in [2.75, 3.05) is 18.6 Å². The largest absolute Gasteiger partial charge is 0.127 e. The normalized spacial score (nSPS) is 12.0. The molecular formula is C37H77PS2. The molecule has 0 radical (unpaired) electrons. The van der Waals surface area contributed by atoms with E-state index in [-0.39, 0.29) is 0 Å². The molecule has 40 heavy (non-hydrogen) atoms. The first-order valence-electron chi connectivity index (χ1n) is 18.8. The zero-order valence-corrected chi connectivity index (χ0v) is 30.8. The minimum atomic E-state index is -1.13. The van der Waals surface area contributed by atoms with Crippen molar-refractivity contribution >= 4 is 28.4 Å². The van der Waals surface area contributed by atoms with Crippen molar-refractivity contribution in [1.82, 2.24) is 0 Å². The van der Waals surface area contributed by atoms with Crippen LogP contribution in [0.1, 0.15) is 219 Å². The summed E-state index contributed by atoms with van der Waals surface area (Å²) in [6.07, 6.45) is 51.6. The summed E-state index contributed by atoms with van der Waals surface area (Å²) in [7, 11) is 0. The fourth-order valence-corrected chi connectivity index (χ4v) is 10.7. The Bertz CT molecular complexity index is 466. The molecule has 0 fully saturated rings. The van der Waals surface area contributed by atoms with E-state index in [1.807, 2.05) is 0 Å². The van der Waals surface area contributed by atoms with E-state index in [1.165, 1.54) is 218 Å². The number of hydrogen-bond donors (Lipinski definition) is 0. The second kappa shape index (κ2) is 34.5. The van der Waals surface area contributed by atoms with Gasteiger partial charge in [-0.1, -0.05) is 218 Å². The third kappa shape index (κ3) is 31.9. The molecule has 0 aliphatic rings. The zero-order valence-electron chi connectivity index (χ0n) is 28.3. The number of rotatable bonds is 35. The Balaban J connectivity index is 3.39. The molecule has 0 aromatic heterocycles. The van der Waals surface area contributed by atoms with Crippen molar-refractivity contribution in [2.45, 2.75) is 219 Å². The second-order valence-electron chi connectivity index (χ2n) is 13.1. The van der Waals surface area contributed by atoms with E-state index in [1.54, 1.807) is 0 Å². The highest BCUT2D eigenvalue weighted by Gasteiger charge is 2.14. The van der Waals surface area contributed by atoms with Gasteiger partial charge in [-0.15, -0.1) is 11.4 Å². The summed E-state index contributed by atoms with van der Waals surface area (Å²) in [5, 5.41) is -1.13. The predicted octanol–water partition coefficient (Wildman–Crippen LogP) is 15.3. The molecule has 242 valence electrons. The smallest absolute Gasteiger partial charge is 0.00625 e. The predicted molar refractivity (Wildman–Crippen MR) is 197 cm³/mol. The summed E-state index contributed by atoms with van der Waals surface area (Å²) in [6.45, 7) is 4.61. The summed E-state index contributed by atoms with van der Waals surface area (Å²) >= 11 is 8.26. The van der Waals surface area contributed by atoms with Crippen molar-refractivity contribution in [3.8, 4) is 0 Å². The van der Waals surface area contributed by atoms with Gasteiger partial charge >= 0.3 is 0 Å². The quantitative estimate of drug-likeness (QED) is 0.0513. The molecule has 0 rings (SSSR count). The fraction of sp³-hybridized carbons (Fsp3) is 1.00. The van der Waals surface area contributed by atoms with Gasteiger partial charge in [0.05, 0.1) is 0 Å². The van der Waals surface area contributed by atoms with Crippen LogP contribution in [-0.4, -0.2) is 18.6 Å². The van der Waals surface area contributed by atoms with Crippen molar-refractivity contribution in [3.05, 3.63) is 0 Å². The Morgan fingerprint density at radius 3 is 0.675 bits per heavy atom. The van der Waals surface area contributed by atoms with Crippen molar-refractivity contribution < 1.29 is 0 Å². The Morgan fingerprint density at radius 2 is 0.500 bits per heavy atom. The second-order valence-corrected chi connectivity index (χ2v) is 21.9. The van der Waals surface area contributed by atoms with Crippen molar-refractivity contribution in [3.63, 3.8) is 0 Å². The lowest BCUT2D eigenvalue weighted by Gasteiger charge is -2.19. The van der Waals surface area contributed by atoms with Crippen LogP contribution >= 0.6 is 16.6 Å². The van der Waals surface area contributed by atoms with Crippen molar-refractivity contribution in [2.24, 2.45) is 0 Å². The van der Waals surface area contributed by atoms with Gasteiger partial charge in [-0.3, -0.25) is 0 Å². The highest BCUT2D eigenvalue weighted by Crippen LogP contribution is 2.58. The Labute approximate surface area is 265 Å². The molecule has 0 aliphatic carbocycles. The van der Waals surface area contributed by atoms with Gasteiger partial charge in [0.2, 0.25) is 0 Å². The maximum Gasteiger partial charge on any atom is 0.00625 e. The Morgan fingerprint density at radius 1 is 0.325 bits per heavy atom. The topological polar surface area (TPSA) is 0 Å². The molecule has 0 aromatic rings. The lowest BCUT2D eigenvalue weighted by molar-refractivity contribution is 0.531. The van der Waals surface area contributed by atoms with Gasteiger partial charge in [0.1, 0.15) is 0 Å². The molecule has 0 heterocycles. The van der Waals surface area contributed by atoms with E-state index in [0.29, 0.717) is 0 Å². The minimum Gasteiger partial charge on any atom is -0.127 e. The van der Waals surface area contributed by atoms with Gasteiger partial charge in [0.15, 0.2) is 0 Å². The van der Waals surface area contributed by atoms with Crippen LogP contribution in [0.2, 0.25) is 0 Å². The van der Waals surface area contributed by atoms with Crippen LogP contribution < -0.4 is 0 Å². The highest BCUT2D eigenvalue weighted by molar-refractivity contribution is 8.70. The average Bonchev–Trinajstić information content (AvgIpc) is 2.96. The lowest BCUT2D eigenvalue weighted by atomic mass is 10.0. The van der Waals surface area contributed by atoms with Gasteiger partial charge in [0.25, 0.3) is 0 Å². The molecule has 0 bridgehead atoms. The third-order valence-electron chi connectivity index (χ3n) is 9.04. The van der Waals surface area contributed by atoms with Crippen LogP contribution in [0.15, 0.2) is 0 Å². The van der Waals surface area contributed by atoms with Crippen LogP contribution in [0.5, 0.6) is 0 Å². The number of hydrogen-bond acceptors (Lipinski definition) is 2. The first kappa shape index (κ1) is 41.0. The standard InChI is InChI=1S/C37H77PS2/c1-4-6-8-10-12-14-16-18-20-22-24-26-28-30-32-34-36-38(39,40-3)37-35-33-31-29-27-25-23-21-19-17-15-13-11-9-7-5-2/h4-37H2,1-3H3. The monoisotopic (exact) mass is 617 g/mol. The Hall–Kier alpha value is 1.00. The summed E-state index contributed by atoms with van der Waals surface area (Å²) in [5.74, 6) is 0. The van der Waals surface area contributed by atoms with Gasteiger partial charge in [-0.2, -0.15) is 0 Å². The molecule has 0 saturated heterocycles. The molecule has 0 saturated carbocycles. The van der Waals surface area contributed by atoms with Crippen LogP contribution in [0, 0.1) is 0 Å². The van der Waals surface area contributed by atoms with Crippen LogP contribution in [-0.2, 0) is 11.8 Å². The molecule has 0 atom stereocenters. The van der Waals surface area contributed by atoms with Crippen LogP contribution in [0.3, 0.4) is 0 Å². The van der Waals surface area contributed by atoms with Gasteiger partial charge in [-0.05, 0) is 31.4 Å². The lowest BCUT2D eigenvalue weighted by Crippen LogP contribution is -1.94. The minimum absolute atomic E-state index is 1.13. The third-order valence-corrected chi connectivity index (χ3v) is 17.2. The van der Waals surface area contributed by atoms with E-state index in [2.05, 4.69) is 31.5 Å². The first-order chi connectivity index (χ1) is 19.7. The maximum absolute atomic E-state index is 6.19. The molecule has 0 amide bonds.